The minimum Gasteiger partial charge on any atom is -0.497 e. The van der Waals surface area contributed by atoms with Gasteiger partial charge in [-0.05, 0) is 48.4 Å². The van der Waals surface area contributed by atoms with E-state index in [2.05, 4.69) is 16.0 Å². The number of nitriles is 1. The van der Waals surface area contributed by atoms with Crippen LogP contribution in [0.15, 0.2) is 42.5 Å². The van der Waals surface area contributed by atoms with Gasteiger partial charge in [-0.1, -0.05) is 18.2 Å². The second kappa shape index (κ2) is 5.74. The molecular weight excluding hydrogens is 274 g/mol. The zero-order valence-corrected chi connectivity index (χ0v) is 12.4. The molecule has 2 aromatic carbocycles. The van der Waals surface area contributed by atoms with Crippen molar-refractivity contribution >= 4 is 22.7 Å². The number of benzene rings is 2. The van der Waals surface area contributed by atoms with E-state index in [0.717, 1.165) is 27.9 Å². The summed E-state index contributed by atoms with van der Waals surface area (Å²) in [7, 11) is 1.63. The number of hydrogen-bond acceptors (Lipinski definition) is 3. The third-order valence-electron chi connectivity index (χ3n) is 3.44. The van der Waals surface area contributed by atoms with E-state index >= 15 is 0 Å². The molecule has 0 aliphatic carbocycles. The lowest BCUT2D eigenvalue weighted by molar-refractivity contribution is 0.415. The SMILES string of the molecule is COc1ccc(/C=C(\C#N)c2nc3ccc(C)cc3[nH]2)cc1. The van der Waals surface area contributed by atoms with Crippen molar-refractivity contribution in [3.8, 4) is 11.8 Å². The molecule has 108 valence electrons. The summed E-state index contributed by atoms with van der Waals surface area (Å²) in [4.78, 5) is 7.69. The number of ether oxygens (including phenoxy) is 1. The van der Waals surface area contributed by atoms with Gasteiger partial charge >= 0.3 is 0 Å². The maximum Gasteiger partial charge on any atom is 0.149 e. The van der Waals surface area contributed by atoms with Crippen LogP contribution in [0.4, 0.5) is 0 Å². The van der Waals surface area contributed by atoms with E-state index in [4.69, 9.17) is 4.74 Å². The Kier molecular flexibility index (Phi) is 3.63. The summed E-state index contributed by atoms with van der Waals surface area (Å²) in [5, 5.41) is 9.42. The van der Waals surface area contributed by atoms with E-state index in [-0.39, 0.29) is 0 Å². The maximum atomic E-state index is 9.42. The van der Waals surface area contributed by atoms with Crippen LogP contribution < -0.4 is 4.74 Å². The van der Waals surface area contributed by atoms with Crippen LogP contribution in [0.5, 0.6) is 5.75 Å². The van der Waals surface area contributed by atoms with Gasteiger partial charge in [-0.15, -0.1) is 0 Å². The number of rotatable bonds is 3. The van der Waals surface area contributed by atoms with E-state index in [9.17, 15) is 5.26 Å². The molecule has 1 heterocycles. The van der Waals surface area contributed by atoms with Gasteiger partial charge in [0, 0.05) is 0 Å². The molecule has 0 amide bonds. The van der Waals surface area contributed by atoms with Gasteiger partial charge in [0.15, 0.2) is 0 Å². The zero-order valence-electron chi connectivity index (χ0n) is 12.4. The molecule has 0 spiro atoms. The Labute approximate surface area is 128 Å². The fraction of sp³-hybridized carbons (Fsp3) is 0.111. The molecule has 1 aromatic heterocycles. The molecular formula is C18H15N3O. The molecule has 0 bridgehead atoms. The normalized spacial score (nSPS) is 11.4. The third kappa shape index (κ3) is 2.70. The summed E-state index contributed by atoms with van der Waals surface area (Å²) in [5.41, 5.74) is 4.37. The predicted molar refractivity (Wildman–Crippen MR) is 87.3 cm³/mol. The lowest BCUT2D eigenvalue weighted by Gasteiger charge is -2.00. The summed E-state index contributed by atoms with van der Waals surface area (Å²) < 4.78 is 5.13. The molecule has 3 rings (SSSR count). The minimum absolute atomic E-state index is 0.499. The Balaban J connectivity index is 2.01. The molecule has 4 heteroatoms. The Morgan fingerprint density at radius 1 is 1.23 bits per heavy atom. The lowest BCUT2D eigenvalue weighted by Crippen LogP contribution is -1.86. The summed E-state index contributed by atoms with van der Waals surface area (Å²) in [5.74, 6) is 1.37. The molecule has 0 saturated heterocycles. The molecule has 0 unspecified atom stereocenters. The summed E-state index contributed by atoms with van der Waals surface area (Å²) >= 11 is 0. The van der Waals surface area contributed by atoms with Crippen LogP contribution in [-0.4, -0.2) is 17.1 Å². The number of aryl methyl sites for hydroxylation is 1. The van der Waals surface area contributed by atoms with Gasteiger partial charge in [-0.25, -0.2) is 4.98 Å². The van der Waals surface area contributed by atoms with Crippen LogP contribution >= 0.6 is 0 Å². The number of H-pyrrole nitrogens is 1. The number of fused-ring (bicyclic) bond motifs is 1. The van der Waals surface area contributed by atoms with Gasteiger partial charge < -0.3 is 9.72 Å². The van der Waals surface area contributed by atoms with Gasteiger partial charge in [0.25, 0.3) is 0 Å². The smallest absolute Gasteiger partial charge is 0.149 e. The first-order chi connectivity index (χ1) is 10.7. The van der Waals surface area contributed by atoms with Crippen LogP contribution in [0.1, 0.15) is 17.0 Å². The summed E-state index contributed by atoms with van der Waals surface area (Å²) in [6.45, 7) is 2.03. The number of hydrogen-bond donors (Lipinski definition) is 1. The average Bonchev–Trinajstić information content (AvgIpc) is 2.96. The Hall–Kier alpha value is -3.06. The van der Waals surface area contributed by atoms with Crippen molar-refractivity contribution in [2.75, 3.05) is 7.11 Å². The highest BCUT2D eigenvalue weighted by Crippen LogP contribution is 2.21. The maximum absolute atomic E-state index is 9.42. The highest BCUT2D eigenvalue weighted by Gasteiger charge is 2.08. The molecule has 3 aromatic rings. The van der Waals surface area contributed by atoms with Crippen molar-refractivity contribution in [3.63, 3.8) is 0 Å². The molecule has 0 fully saturated rings. The van der Waals surface area contributed by atoms with Crippen molar-refractivity contribution in [2.45, 2.75) is 6.92 Å². The molecule has 4 nitrogen and oxygen atoms in total. The second-order valence-electron chi connectivity index (χ2n) is 5.05. The van der Waals surface area contributed by atoms with Crippen molar-refractivity contribution in [1.82, 2.24) is 9.97 Å². The van der Waals surface area contributed by atoms with E-state index in [0.29, 0.717) is 11.4 Å². The zero-order chi connectivity index (χ0) is 15.5. The van der Waals surface area contributed by atoms with Crippen LogP contribution in [0, 0.1) is 18.3 Å². The van der Waals surface area contributed by atoms with Crippen LogP contribution in [-0.2, 0) is 0 Å². The monoisotopic (exact) mass is 289 g/mol. The van der Waals surface area contributed by atoms with E-state index < -0.39 is 0 Å². The first-order valence-electron chi connectivity index (χ1n) is 6.92. The highest BCUT2D eigenvalue weighted by atomic mass is 16.5. The average molecular weight is 289 g/mol. The number of nitrogens with one attached hydrogen (secondary N) is 1. The van der Waals surface area contributed by atoms with Crippen molar-refractivity contribution < 1.29 is 4.74 Å². The van der Waals surface area contributed by atoms with E-state index in [1.807, 2.05) is 55.5 Å². The Bertz CT molecular complexity index is 883. The van der Waals surface area contributed by atoms with E-state index in [1.165, 1.54) is 0 Å². The fourth-order valence-corrected chi connectivity index (χ4v) is 2.27. The predicted octanol–water partition coefficient (Wildman–Crippen LogP) is 3.94. The summed E-state index contributed by atoms with van der Waals surface area (Å²) in [6.07, 6.45) is 1.81. The number of aromatic amines is 1. The number of allylic oxidation sites excluding steroid dienone is 1. The van der Waals surface area contributed by atoms with E-state index in [1.54, 1.807) is 7.11 Å². The van der Waals surface area contributed by atoms with Crippen LogP contribution in [0.25, 0.3) is 22.7 Å². The molecule has 0 radical (unpaired) electrons. The van der Waals surface area contributed by atoms with Crippen molar-refractivity contribution in [1.29, 1.82) is 5.26 Å². The van der Waals surface area contributed by atoms with Crippen LogP contribution in [0.2, 0.25) is 0 Å². The minimum atomic E-state index is 0.499. The number of aromatic nitrogens is 2. The fourth-order valence-electron chi connectivity index (χ4n) is 2.27. The quantitative estimate of drug-likeness (QED) is 0.743. The molecule has 0 atom stereocenters. The Morgan fingerprint density at radius 3 is 2.68 bits per heavy atom. The first kappa shape index (κ1) is 13.9. The summed E-state index contributed by atoms with van der Waals surface area (Å²) in [6, 6.07) is 15.7. The third-order valence-corrected chi connectivity index (χ3v) is 3.44. The van der Waals surface area contributed by atoms with Gasteiger partial charge in [-0.2, -0.15) is 5.26 Å². The van der Waals surface area contributed by atoms with Gasteiger partial charge in [0.2, 0.25) is 0 Å². The molecule has 0 saturated carbocycles. The largest absolute Gasteiger partial charge is 0.497 e. The number of imidazole rings is 1. The number of methoxy groups -OCH3 is 1. The highest BCUT2D eigenvalue weighted by molar-refractivity contribution is 5.90. The lowest BCUT2D eigenvalue weighted by atomic mass is 10.1. The van der Waals surface area contributed by atoms with Crippen molar-refractivity contribution in [3.05, 3.63) is 59.4 Å². The molecule has 1 N–H and O–H groups in total. The van der Waals surface area contributed by atoms with Crippen LogP contribution in [0.3, 0.4) is 0 Å². The topological polar surface area (TPSA) is 61.7 Å². The van der Waals surface area contributed by atoms with Crippen molar-refractivity contribution in [2.24, 2.45) is 0 Å². The van der Waals surface area contributed by atoms with Gasteiger partial charge in [0.1, 0.15) is 17.6 Å². The molecule has 22 heavy (non-hydrogen) atoms. The Morgan fingerprint density at radius 2 is 2.00 bits per heavy atom. The molecule has 0 aliphatic rings. The second-order valence-corrected chi connectivity index (χ2v) is 5.05. The number of nitrogens with zero attached hydrogens (tertiary/aromatic N) is 2. The standard InChI is InChI=1S/C18H15N3O/c1-12-3-8-16-17(9-12)21-18(20-16)14(11-19)10-13-4-6-15(22-2)7-5-13/h3-10H,1-2H3,(H,20,21)/b14-10+. The van der Waals surface area contributed by atoms with Gasteiger partial charge in [-0.3, -0.25) is 0 Å². The molecule has 0 aliphatic heterocycles. The van der Waals surface area contributed by atoms with Gasteiger partial charge in [0.05, 0.1) is 23.7 Å². The first-order valence-corrected chi connectivity index (χ1v) is 6.92.